The molecule has 0 aliphatic carbocycles. The maximum absolute atomic E-state index is 12.5. The summed E-state index contributed by atoms with van der Waals surface area (Å²) in [6.07, 6.45) is 4.87. The number of aryl methyl sites for hydroxylation is 1. The van der Waals surface area contributed by atoms with Crippen molar-refractivity contribution in [1.29, 1.82) is 0 Å². The van der Waals surface area contributed by atoms with Crippen molar-refractivity contribution in [3.05, 3.63) is 71.3 Å². The molecule has 2 saturated heterocycles. The standard InChI is InChI=1S/C18H21B3N2O2.C10H10N4O.C2H6/c19-18(20,21)23-15-10-14(5-4-13(15)2-1-3-16(23)24)22-11-17(12-22)6-8-25-9-7-17;11-9(15)10-12-8(13-14-10)6-7-4-2-1-3-5-7;1-2/h4-5,10H,1-3,6-9,11-12H2;1-5H,6H2,(H2,11,15)(H,12,13,14);1-2H3. The van der Waals surface area contributed by atoms with Gasteiger partial charge in [-0.25, -0.2) is 4.98 Å². The Kier molecular flexibility index (Phi) is 10.2. The van der Waals surface area contributed by atoms with Crippen molar-refractivity contribution in [2.24, 2.45) is 11.1 Å². The lowest BCUT2D eigenvalue weighted by Gasteiger charge is -2.53. The summed E-state index contributed by atoms with van der Waals surface area (Å²) in [4.78, 5) is 30.9. The van der Waals surface area contributed by atoms with Crippen molar-refractivity contribution < 1.29 is 14.3 Å². The SMILES string of the molecule is CC.NC(=O)c1n[nH]c(Cc2ccccc2)n1.[B]C([B])([B])N1C(=O)CCCc2ccc(N3CC4(CCOCC4)C3)cc21. The summed E-state index contributed by atoms with van der Waals surface area (Å²) in [5.41, 5.74) is 9.45. The fraction of sp³-hybridized carbons (Fsp3) is 0.467. The molecule has 6 rings (SSSR count). The minimum absolute atomic E-state index is 0.0286. The summed E-state index contributed by atoms with van der Waals surface area (Å²) in [6, 6.07) is 16.0. The third kappa shape index (κ3) is 7.45. The van der Waals surface area contributed by atoms with Gasteiger partial charge in [-0.15, -0.1) is 5.10 Å². The fourth-order valence-corrected chi connectivity index (χ4v) is 5.61. The van der Waals surface area contributed by atoms with Crippen LogP contribution in [0.5, 0.6) is 0 Å². The lowest BCUT2D eigenvalue weighted by atomic mass is 9.48. The van der Waals surface area contributed by atoms with E-state index in [9.17, 15) is 9.59 Å². The highest BCUT2D eigenvalue weighted by atomic mass is 16.5. The van der Waals surface area contributed by atoms with Crippen molar-refractivity contribution in [2.75, 3.05) is 36.1 Å². The van der Waals surface area contributed by atoms with Gasteiger partial charge in [0.05, 0.1) is 23.5 Å². The number of nitrogens with zero attached hydrogens (tertiary/aromatic N) is 4. The van der Waals surface area contributed by atoms with Crippen LogP contribution < -0.4 is 15.5 Å². The van der Waals surface area contributed by atoms with Crippen molar-refractivity contribution in [3.63, 3.8) is 0 Å². The van der Waals surface area contributed by atoms with E-state index in [1.54, 1.807) is 0 Å². The first-order chi connectivity index (χ1) is 20.1. The first kappa shape index (κ1) is 31.4. The third-order valence-corrected chi connectivity index (χ3v) is 7.72. The average Bonchev–Trinajstić information content (AvgIpc) is 3.36. The largest absolute Gasteiger partial charge is 0.381 e. The number of fused-ring (bicyclic) bond motifs is 1. The molecule has 214 valence electrons. The number of nitrogens with one attached hydrogen (secondary N) is 1. The van der Waals surface area contributed by atoms with Crippen molar-refractivity contribution in [2.45, 2.75) is 57.6 Å². The zero-order valence-corrected chi connectivity index (χ0v) is 24.5. The second-order valence-electron chi connectivity index (χ2n) is 10.9. The molecule has 3 N–H and O–H groups in total. The quantitative estimate of drug-likeness (QED) is 0.462. The number of anilines is 2. The van der Waals surface area contributed by atoms with Gasteiger partial charge in [-0.05, 0) is 48.9 Å². The molecular formula is C30H37B3N6O3. The first-order valence-corrected chi connectivity index (χ1v) is 14.5. The van der Waals surface area contributed by atoms with Gasteiger partial charge >= 0.3 is 0 Å². The zero-order chi connectivity index (χ0) is 30.3. The number of nitrogens with two attached hydrogens (primary N) is 1. The highest BCUT2D eigenvalue weighted by Crippen LogP contribution is 2.43. The van der Waals surface area contributed by atoms with Crippen LogP contribution in [0.3, 0.4) is 0 Å². The summed E-state index contributed by atoms with van der Waals surface area (Å²) >= 11 is 0. The number of aromatic nitrogens is 3. The van der Waals surface area contributed by atoms with Crippen LogP contribution in [-0.2, 0) is 22.4 Å². The Labute approximate surface area is 252 Å². The van der Waals surface area contributed by atoms with Crippen LogP contribution in [0.4, 0.5) is 11.4 Å². The summed E-state index contributed by atoms with van der Waals surface area (Å²) in [6.45, 7) is 7.77. The second kappa shape index (κ2) is 13.6. The van der Waals surface area contributed by atoms with Gasteiger partial charge < -0.3 is 20.3 Å². The lowest BCUT2D eigenvalue weighted by Crippen LogP contribution is -2.58. The monoisotopic (exact) mass is 562 g/mol. The Balaban J connectivity index is 0.000000204. The smallest absolute Gasteiger partial charge is 0.288 e. The van der Waals surface area contributed by atoms with Gasteiger partial charge in [-0.2, -0.15) is 0 Å². The molecule has 1 aromatic heterocycles. The van der Waals surface area contributed by atoms with Crippen LogP contribution in [-0.4, -0.2) is 82.1 Å². The molecule has 4 heterocycles. The van der Waals surface area contributed by atoms with Crippen molar-refractivity contribution in [1.82, 2.24) is 15.2 Å². The molecule has 3 aliphatic heterocycles. The number of hydrogen-bond acceptors (Lipinski definition) is 6. The minimum atomic E-state index is -1.69. The van der Waals surface area contributed by atoms with Gasteiger partial charge in [-0.1, -0.05) is 55.5 Å². The van der Waals surface area contributed by atoms with E-state index in [2.05, 4.69) is 32.2 Å². The zero-order valence-electron chi connectivity index (χ0n) is 24.5. The maximum atomic E-state index is 12.5. The molecule has 0 unspecified atom stereocenters. The van der Waals surface area contributed by atoms with Gasteiger partial charge in [0.2, 0.25) is 11.7 Å². The normalized spacial score (nSPS) is 17.5. The number of carbonyl (C=O) groups is 2. The van der Waals surface area contributed by atoms with Crippen molar-refractivity contribution in [3.8, 4) is 0 Å². The van der Waals surface area contributed by atoms with E-state index in [1.165, 1.54) is 4.90 Å². The van der Waals surface area contributed by atoms with E-state index >= 15 is 0 Å². The highest BCUT2D eigenvalue weighted by molar-refractivity contribution is 6.62. The number of aromatic amines is 1. The Morgan fingerprint density at radius 2 is 1.76 bits per heavy atom. The topological polar surface area (TPSA) is 117 Å². The number of amides is 2. The predicted octanol–water partition coefficient (Wildman–Crippen LogP) is 2.61. The lowest BCUT2D eigenvalue weighted by molar-refractivity contribution is -0.118. The highest BCUT2D eigenvalue weighted by Gasteiger charge is 2.44. The van der Waals surface area contributed by atoms with Gasteiger partial charge in [0.1, 0.15) is 5.82 Å². The molecule has 3 aromatic rings. The number of benzene rings is 2. The Morgan fingerprint density at radius 1 is 1.07 bits per heavy atom. The van der Waals surface area contributed by atoms with Crippen LogP contribution in [0.25, 0.3) is 0 Å². The molecule has 3 aliphatic rings. The second-order valence-corrected chi connectivity index (χ2v) is 10.9. The van der Waals surface area contributed by atoms with Crippen LogP contribution in [0, 0.1) is 5.41 Å². The molecule has 2 fully saturated rings. The molecule has 0 atom stereocenters. The number of carbonyl (C=O) groups excluding carboxylic acids is 2. The minimum Gasteiger partial charge on any atom is -0.381 e. The van der Waals surface area contributed by atoms with Crippen LogP contribution in [0.1, 0.15) is 67.1 Å². The maximum Gasteiger partial charge on any atom is 0.288 e. The molecule has 0 bridgehead atoms. The summed E-state index contributed by atoms with van der Waals surface area (Å²) in [7, 11) is 17.7. The van der Waals surface area contributed by atoms with Gasteiger partial charge in [0, 0.05) is 55.9 Å². The van der Waals surface area contributed by atoms with Crippen LogP contribution >= 0.6 is 0 Å². The van der Waals surface area contributed by atoms with Crippen LogP contribution in [0.15, 0.2) is 48.5 Å². The van der Waals surface area contributed by atoms with E-state index in [4.69, 9.17) is 34.0 Å². The molecule has 12 heteroatoms. The summed E-state index contributed by atoms with van der Waals surface area (Å²) < 4.78 is 5.49. The van der Waals surface area contributed by atoms with E-state index < -0.39 is 11.1 Å². The Bertz CT molecular complexity index is 1350. The molecule has 0 saturated carbocycles. The molecule has 1 spiro atoms. The number of H-pyrrole nitrogens is 1. The van der Waals surface area contributed by atoms with Gasteiger partial charge in [0.15, 0.2) is 0 Å². The summed E-state index contributed by atoms with van der Waals surface area (Å²) in [5.74, 6) is -0.0746. The molecule has 2 aromatic carbocycles. The molecule has 42 heavy (non-hydrogen) atoms. The Morgan fingerprint density at radius 3 is 2.38 bits per heavy atom. The number of hydrogen-bond donors (Lipinski definition) is 2. The van der Waals surface area contributed by atoms with Crippen molar-refractivity contribution >= 4 is 46.7 Å². The average molecular weight is 562 g/mol. The van der Waals surface area contributed by atoms with Gasteiger partial charge in [-0.3, -0.25) is 14.7 Å². The first-order valence-electron chi connectivity index (χ1n) is 14.5. The molecule has 2 amide bonds. The predicted molar refractivity (Wildman–Crippen MR) is 167 cm³/mol. The fourth-order valence-electron chi connectivity index (χ4n) is 5.61. The summed E-state index contributed by atoms with van der Waals surface area (Å²) in [5, 5.41) is 4.69. The Hall–Kier alpha value is -3.53. The van der Waals surface area contributed by atoms with Gasteiger partial charge in [0.25, 0.3) is 5.91 Å². The number of ether oxygens (including phenoxy) is 1. The van der Waals surface area contributed by atoms with E-state index in [1.807, 2.05) is 50.2 Å². The molecule has 9 nitrogen and oxygen atoms in total. The van der Waals surface area contributed by atoms with E-state index in [0.717, 1.165) is 74.5 Å². The van der Waals surface area contributed by atoms with Crippen LogP contribution in [0.2, 0.25) is 0 Å². The molecular weight excluding hydrogens is 525 g/mol. The number of primary amides is 1. The van der Waals surface area contributed by atoms with E-state index in [-0.39, 0.29) is 11.7 Å². The third-order valence-electron chi connectivity index (χ3n) is 7.72. The van der Waals surface area contributed by atoms with E-state index in [0.29, 0.717) is 24.1 Å². The number of rotatable bonds is 5. The molecule has 6 radical (unpaired) electrons.